The van der Waals surface area contributed by atoms with E-state index in [9.17, 15) is 4.79 Å². The van der Waals surface area contributed by atoms with Crippen LogP contribution in [0, 0.1) is 5.92 Å². The van der Waals surface area contributed by atoms with E-state index in [2.05, 4.69) is 43.4 Å². The number of nitrogens with zero attached hydrogens (tertiary/aromatic N) is 1. The molecule has 0 heterocycles. The van der Waals surface area contributed by atoms with Gasteiger partial charge in [0.1, 0.15) is 0 Å². The second kappa shape index (κ2) is 7.95. The number of hydrogen-bond acceptors (Lipinski definition) is 2. The summed E-state index contributed by atoms with van der Waals surface area (Å²) in [4.78, 5) is 13.8. The molecule has 1 aromatic rings. The Morgan fingerprint density at radius 1 is 1.21 bits per heavy atom. The first-order valence-corrected chi connectivity index (χ1v) is 6.99. The maximum Gasteiger partial charge on any atom is 0.226 e. The maximum atomic E-state index is 12.0. The van der Waals surface area contributed by atoms with E-state index in [1.165, 1.54) is 5.56 Å². The molecule has 0 saturated heterocycles. The van der Waals surface area contributed by atoms with E-state index in [1.807, 2.05) is 14.1 Å². The Hall–Kier alpha value is -1.35. The van der Waals surface area contributed by atoms with E-state index in [1.54, 1.807) is 4.90 Å². The first-order valence-electron chi connectivity index (χ1n) is 6.99. The molecule has 19 heavy (non-hydrogen) atoms. The lowest BCUT2D eigenvalue weighted by atomic mass is 10.0. The van der Waals surface area contributed by atoms with Gasteiger partial charge in [-0.1, -0.05) is 38.1 Å². The van der Waals surface area contributed by atoms with Crippen molar-refractivity contribution in [3.63, 3.8) is 0 Å². The molecule has 3 nitrogen and oxygen atoms in total. The number of benzene rings is 1. The summed E-state index contributed by atoms with van der Waals surface area (Å²) in [6, 6.07) is 8.41. The fraction of sp³-hybridized carbons (Fsp3) is 0.562. The van der Waals surface area contributed by atoms with Gasteiger partial charge in [-0.2, -0.15) is 0 Å². The average Bonchev–Trinajstić information content (AvgIpc) is 2.37. The molecule has 0 fully saturated rings. The van der Waals surface area contributed by atoms with Gasteiger partial charge in [-0.25, -0.2) is 0 Å². The zero-order chi connectivity index (χ0) is 14.3. The molecule has 0 aromatic heterocycles. The van der Waals surface area contributed by atoms with Gasteiger partial charge in [0.25, 0.3) is 0 Å². The molecule has 1 rings (SSSR count). The topological polar surface area (TPSA) is 32.3 Å². The van der Waals surface area contributed by atoms with Gasteiger partial charge in [-0.05, 0) is 30.5 Å². The summed E-state index contributed by atoms with van der Waals surface area (Å²) in [6.45, 7) is 6.01. The first kappa shape index (κ1) is 15.7. The van der Waals surface area contributed by atoms with Crippen molar-refractivity contribution < 1.29 is 4.79 Å². The van der Waals surface area contributed by atoms with Gasteiger partial charge in [-0.15, -0.1) is 0 Å². The average molecular weight is 262 g/mol. The Balaban J connectivity index is 2.50. The van der Waals surface area contributed by atoms with E-state index in [0.29, 0.717) is 12.3 Å². The van der Waals surface area contributed by atoms with Gasteiger partial charge >= 0.3 is 0 Å². The largest absolute Gasteiger partial charge is 0.344 e. The number of carbonyl (C=O) groups excluding carboxylic acids is 1. The molecule has 0 aliphatic carbocycles. The van der Waals surface area contributed by atoms with Crippen molar-refractivity contribution >= 4 is 5.91 Å². The zero-order valence-corrected chi connectivity index (χ0v) is 12.6. The highest BCUT2D eigenvalue weighted by Crippen LogP contribution is 2.10. The van der Waals surface area contributed by atoms with Crippen molar-refractivity contribution in [1.29, 1.82) is 0 Å². The monoisotopic (exact) mass is 262 g/mol. The van der Waals surface area contributed by atoms with Crippen LogP contribution in [0.4, 0.5) is 0 Å². The molecule has 0 aliphatic rings. The molecule has 0 spiro atoms. The lowest BCUT2D eigenvalue weighted by Gasteiger charge is -2.17. The van der Waals surface area contributed by atoms with Crippen LogP contribution in [-0.2, 0) is 17.6 Å². The summed E-state index contributed by atoms with van der Waals surface area (Å²) >= 11 is 0. The Morgan fingerprint density at radius 3 is 2.32 bits per heavy atom. The van der Waals surface area contributed by atoms with Crippen LogP contribution in [0.3, 0.4) is 0 Å². The van der Waals surface area contributed by atoms with Crippen LogP contribution in [0.2, 0.25) is 0 Å². The molecule has 1 aromatic carbocycles. The SMILES string of the molecule is CNCCN(C)C(=O)Cc1ccc(CC(C)C)cc1. The van der Waals surface area contributed by atoms with E-state index in [-0.39, 0.29) is 5.91 Å². The predicted molar refractivity (Wildman–Crippen MR) is 80.3 cm³/mol. The van der Waals surface area contributed by atoms with Gasteiger partial charge in [0, 0.05) is 20.1 Å². The highest BCUT2D eigenvalue weighted by molar-refractivity contribution is 5.78. The van der Waals surface area contributed by atoms with E-state index < -0.39 is 0 Å². The standard InChI is InChI=1S/C16H26N2O/c1-13(2)11-14-5-7-15(8-6-14)12-16(19)18(4)10-9-17-3/h5-8,13,17H,9-12H2,1-4H3. The molecule has 1 N–H and O–H groups in total. The van der Waals surface area contributed by atoms with Crippen LogP contribution in [0.25, 0.3) is 0 Å². The van der Waals surface area contributed by atoms with Crippen LogP contribution >= 0.6 is 0 Å². The Labute approximate surface area is 117 Å². The molecule has 0 unspecified atom stereocenters. The molecule has 1 amide bonds. The first-order chi connectivity index (χ1) is 9.02. The van der Waals surface area contributed by atoms with Crippen molar-refractivity contribution in [2.45, 2.75) is 26.7 Å². The van der Waals surface area contributed by atoms with Crippen molar-refractivity contribution in [1.82, 2.24) is 10.2 Å². The van der Waals surface area contributed by atoms with Crippen LogP contribution in [0.5, 0.6) is 0 Å². The highest BCUT2D eigenvalue weighted by atomic mass is 16.2. The maximum absolute atomic E-state index is 12.0. The van der Waals surface area contributed by atoms with Gasteiger partial charge in [0.2, 0.25) is 5.91 Å². The summed E-state index contributed by atoms with van der Waals surface area (Å²) in [5, 5.41) is 3.05. The third kappa shape index (κ3) is 5.88. The predicted octanol–water partition coefficient (Wildman–Crippen LogP) is 2.11. The normalized spacial score (nSPS) is 10.8. The van der Waals surface area contributed by atoms with E-state index in [0.717, 1.165) is 25.1 Å². The Morgan fingerprint density at radius 2 is 1.79 bits per heavy atom. The fourth-order valence-corrected chi connectivity index (χ4v) is 1.98. The number of hydrogen-bond donors (Lipinski definition) is 1. The molecule has 0 saturated carbocycles. The molecular formula is C16H26N2O. The second-order valence-electron chi connectivity index (χ2n) is 5.51. The van der Waals surface area contributed by atoms with Crippen LogP contribution in [0.1, 0.15) is 25.0 Å². The lowest BCUT2D eigenvalue weighted by molar-refractivity contribution is -0.129. The van der Waals surface area contributed by atoms with Crippen LogP contribution in [0.15, 0.2) is 24.3 Å². The smallest absolute Gasteiger partial charge is 0.226 e. The van der Waals surface area contributed by atoms with Gasteiger partial charge in [0.15, 0.2) is 0 Å². The van der Waals surface area contributed by atoms with Gasteiger partial charge in [0.05, 0.1) is 6.42 Å². The molecule has 0 radical (unpaired) electrons. The van der Waals surface area contributed by atoms with Crippen LogP contribution < -0.4 is 5.32 Å². The van der Waals surface area contributed by atoms with Crippen molar-refractivity contribution in [3.8, 4) is 0 Å². The summed E-state index contributed by atoms with van der Waals surface area (Å²) in [7, 11) is 3.75. The minimum Gasteiger partial charge on any atom is -0.344 e. The van der Waals surface area contributed by atoms with E-state index >= 15 is 0 Å². The number of amides is 1. The van der Waals surface area contributed by atoms with Crippen molar-refractivity contribution in [2.75, 3.05) is 27.2 Å². The number of rotatable bonds is 7. The fourth-order valence-electron chi connectivity index (χ4n) is 1.98. The summed E-state index contributed by atoms with van der Waals surface area (Å²) in [6.07, 6.45) is 1.58. The quantitative estimate of drug-likeness (QED) is 0.816. The van der Waals surface area contributed by atoms with Gasteiger partial charge < -0.3 is 10.2 Å². The zero-order valence-electron chi connectivity index (χ0n) is 12.6. The summed E-state index contributed by atoms with van der Waals surface area (Å²) < 4.78 is 0. The lowest BCUT2D eigenvalue weighted by Crippen LogP contribution is -2.33. The molecule has 3 heteroatoms. The van der Waals surface area contributed by atoms with E-state index in [4.69, 9.17) is 0 Å². The third-order valence-corrected chi connectivity index (χ3v) is 3.15. The number of carbonyl (C=O) groups is 1. The Bertz CT molecular complexity index is 384. The minimum atomic E-state index is 0.173. The summed E-state index contributed by atoms with van der Waals surface area (Å²) in [5.41, 5.74) is 2.43. The molecule has 0 bridgehead atoms. The molecular weight excluding hydrogens is 236 g/mol. The summed E-state index contributed by atoms with van der Waals surface area (Å²) in [5.74, 6) is 0.840. The third-order valence-electron chi connectivity index (χ3n) is 3.15. The van der Waals surface area contributed by atoms with Gasteiger partial charge in [-0.3, -0.25) is 4.79 Å². The number of likely N-dealkylation sites (N-methyl/N-ethyl adjacent to an activating group) is 2. The van der Waals surface area contributed by atoms with Crippen LogP contribution in [-0.4, -0.2) is 38.0 Å². The molecule has 0 aliphatic heterocycles. The molecule has 106 valence electrons. The van der Waals surface area contributed by atoms with Crippen molar-refractivity contribution in [2.24, 2.45) is 5.92 Å². The minimum absolute atomic E-state index is 0.173. The second-order valence-corrected chi connectivity index (χ2v) is 5.51. The van der Waals surface area contributed by atoms with Crippen molar-refractivity contribution in [3.05, 3.63) is 35.4 Å². The number of nitrogens with one attached hydrogen (secondary N) is 1. The Kier molecular flexibility index (Phi) is 6.57. The molecule has 0 atom stereocenters. The highest BCUT2D eigenvalue weighted by Gasteiger charge is 2.09.